The van der Waals surface area contributed by atoms with Crippen molar-refractivity contribution in [1.29, 1.82) is 0 Å². The van der Waals surface area contributed by atoms with Crippen molar-refractivity contribution in [3.8, 4) is 11.3 Å². The lowest BCUT2D eigenvalue weighted by atomic mass is 10.00. The van der Waals surface area contributed by atoms with Gasteiger partial charge in [0.2, 0.25) is 0 Å². The van der Waals surface area contributed by atoms with Gasteiger partial charge >= 0.3 is 0 Å². The van der Waals surface area contributed by atoms with Crippen LogP contribution in [0.5, 0.6) is 0 Å². The first-order valence-corrected chi connectivity index (χ1v) is 10.2. The minimum absolute atomic E-state index is 0.0831. The molecule has 0 spiro atoms. The topological polar surface area (TPSA) is 39.9 Å². The van der Waals surface area contributed by atoms with E-state index in [1.165, 1.54) is 12.1 Å². The molecule has 0 amide bonds. The van der Waals surface area contributed by atoms with E-state index in [0.717, 1.165) is 64.9 Å². The van der Waals surface area contributed by atoms with Gasteiger partial charge < -0.3 is 4.74 Å². The minimum Gasteiger partial charge on any atom is -0.356 e. The van der Waals surface area contributed by atoms with Crippen molar-refractivity contribution < 1.29 is 9.13 Å². The van der Waals surface area contributed by atoms with Gasteiger partial charge in [-0.2, -0.15) is 5.10 Å². The Labute approximate surface area is 174 Å². The summed E-state index contributed by atoms with van der Waals surface area (Å²) in [7, 11) is 0. The lowest BCUT2D eigenvalue weighted by Gasteiger charge is -2.23. The van der Waals surface area contributed by atoms with Crippen LogP contribution in [0.1, 0.15) is 36.7 Å². The molecule has 1 unspecified atom stereocenters. The van der Waals surface area contributed by atoms with Gasteiger partial charge in [0.25, 0.3) is 0 Å². The first-order chi connectivity index (χ1) is 14.7. The summed E-state index contributed by atoms with van der Waals surface area (Å²) in [4.78, 5) is 4.42. The summed E-state index contributed by atoms with van der Waals surface area (Å²) in [5.41, 5.74) is 5.35. The molecule has 2 aromatic heterocycles. The predicted octanol–water partition coefficient (Wildman–Crippen LogP) is 6.00. The number of rotatable bonds is 4. The molecule has 1 aliphatic heterocycles. The fourth-order valence-corrected chi connectivity index (χ4v) is 3.97. The van der Waals surface area contributed by atoms with Crippen LogP contribution in [0.25, 0.3) is 27.7 Å². The van der Waals surface area contributed by atoms with Gasteiger partial charge in [-0.05, 0) is 73.4 Å². The van der Waals surface area contributed by atoms with Gasteiger partial charge in [0.05, 0.1) is 11.2 Å². The molecule has 1 saturated heterocycles. The molecule has 150 valence electrons. The van der Waals surface area contributed by atoms with Gasteiger partial charge in [0, 0.05) is 29.3 Å². The van der Waals surface area contributed by atoms with Crippen molar-refractivity contribution in [3.05, 3.63) is 90.5 Å². The molecule has 30 heavy (non-hydrogen) atoms. The van der Waals surface area contributed by atoms with Crippen LogP contribution in [0.3, 0.4) is 0 Å². The summed E-state index contributed by atoms with van der Waals surface area (Å²) in [6.45, 7) is 4.99. The van der Waals surface area contributed by atoms with E-state index in [1.807, 2.05) is 22.9 Å². The van der Waals surface area contributed by atoms with Gasteiger partial charge in [-0.25, -0.2) is 9.07 Å². The van der Waals surface area contributed by atoms with E-state index >= 15 is 0 Å². The van der Waals surface area contributed by atoms with Crippen LogP contribution in [0.2, 0.25) is 0 Å². The third kappa shape index (κ3) is 3.42. The van der Waals surface area contributed by atoms with Crippen LogP contribution in [0.15, 0.2) is 73.4 Å². The highest BCUT2D eigenvalue weighted by Crippen LogP contribution is 2.35. The van der Waals surface area contributed by atoms with Crippen molar-refractivity contribution in [1.82, 2.24) is 14.8 Å². The van der Waals surface area contributed by atoms with Crippen molar-refractivity contribution in [2.45, 2.75) is 25.5 Å². The highest BCUT2D eigenvalue weighted by molar-refractivity contribution is 5.96. The molecule has 4 aromatic rings. The number of ether oxygens (including phenoxy) is 1. The van der Waals surface area contributed by atoms with E-state index in [4.69, 9.17) is 9.84 Å². The second-order valence-corrected chi connectivity index (χ2v) is 7.55. The highest BCUT2D eigenvalue weighted by atomic mass is 19.1. The normalized spacial score (nSPS) is 16.6. The van der Waals surface area contributed by atoms with Gasteiger partial charge in [-0.15, -0.1) is 0 Å². The lowest BCUT2D eigenvalue weighted by molar-refractivity contribution is -0.0365. The zero-order chi connectivity index (χ0) is 20.5. The predicted molar refractivity (Wildman–Crippen MR) is 116 cm³/mol. The van der Waals surface area contributed by atoms with E-state index in [-0.39, 0.29) is 12.0 Å². The third-order valence-corrected chi connectivity index (χ3v) is 5.57. The monoisotopic (exact) mass is 399 g/mol. The SMILES string of the molecule is C=C(c1ccc2c(c1)c(-c1ccc(F)cc1)nn2C1CCCCO1)c1ccccn1. The standard InChI is InChI=1S/C25H22FN3O/c1-17(22-6-2-4-14-27-22)19-10-13-23-21(16-19)25(18-8-11-20(26)12-9-18)28-29(23)24-7-3-5-15-30-24/h2,4,6,8-14,16,24H,1,3,5,7,15H2. The van der Waals surface area contributed by atoms with Crippen LogP contribution in [0.4, 0.5) is 4.39 Å². The maximum atomic E-state index is 13.5. The Morgan fingerprint density at radius 2 is 1.93 bits per heavy atom. The minimum atomic E-state index is -0.262. The van der Waals surface area contributed by atoms with E-state index in [2.05, 4.69) is 29.8 Å². The molecule has 4 nitrogen and oxygen atoms in total. The molecule has 1 atom stereocenters. The maximum Gasteiger partial charge on any atom is 0.150 e. The fourth-order valence-electron chi connectivity index (χ4n) is 3.97. The van der Waals surface area contributed by atoms with Crippen LogP contribution < -0.4 is 0 Å². The Hall–Kier alpha value is -3.31. The first-order valence-electron chi connectivity index (χ1n) is 10.2. The summed E-state index contributed by atoms with van der Waals surface area (Å²) < 4.78 is 21.5. The zero-order valence-corrected chi connectivity index (χ0v) is 16.6. The Bertz CT molecular complexity index is 1190. The zero-order valence-electron chi connectivity index (χ0n) is 16.6. The van der Waals surface area contributed by atoms with E-state index in [0.29, 0.717) is 0 Å². The Morgan fingerprint density at radius 1 is 1.07 bits per heavy atom. The summed E-state index contributed by atoms with van der Waals surface area (Å²) in [5, 5.41) is 5.90. The fraction of sp³-hybridized carbons (Fsp3) is 0.200. The van der Waals surface area contributed by atoms with Crippen molar-refractivity contribution in [2.24, 2.45) is 0 Å². The van der Waals surface area contributed by atoms with Gasteiger partial charge in [-0.3, -0.25) is 4.98 Å². The number of fused-ring (bicyclic) bond motifs is 1. The molecule has 0 aliphatic carbocycles. The molecule has 5 rings (SSSR count). The van der Waals surface area contributed by atoms with Gasteiger partial charge in [-0.1, -0.05) is 18.7 Å². The van der Waals surface area contributed by atoms with E-state index in [9.17, 15) is 4.39 Å². The summed E-state index contributed by atoms with van der Waals surface area (Å²) in [6.07, 6.45) is 4.81. The molecular formula is C25H22FN3O. The lowest BCUT2D eigenvalue weighted by Crippen LogP contribution is -2.19. The first kappa shape index (κ1) is 18.7. The molecule has 0 bridgehead atoms. The molecule has 2 aromatic carbocycles. The average molecular weight is 399 g/mol. The van der Waals surface area contributed by atoms with Crippen LogP contribution in [0, 0.1) is 5.82 Å². The Morgan fingerprint density at radius 3 is 2.67 bits per heavy atom. The van der Waals surface area contributed by atoms with Crippen LogP contribution >= 0.6 is 0 Å². The quantitative estimate of drug-likeness (QED) is 0.423. The number of hydrogen-bond acceptors (Lipinski definition) is 3. The number of nitrogens with zero attached hydrogens (tertiary/aromatic N) is 3. The van der Waals surface area contributed by atoms with Crippen molar-refractivity contribution >= 4 is 16.5 Å². The smallest absolute Gasteiger partial charge is 0.150 e. The molecule has 0 N–H and O–H groups in total. The summed E-state index contributed by atoms with van der Waals surface area (Å²) >= 11 is 0. The number of aromatic nitrogens is 3. The number of halogens is 1. The van der Waals surface area contributed by atoms with Gasteiger partial charge in [0.15, 0.2) is 6.23 Å². The number of pyridine rings is 1. The number of hydrogen-bond donors (Lipinski definition) is 0. The largest absolute Gasteiger partial charge is 0.356 e. The molecule has 0 saturated carbocycles. The summed E-state index contributed by atoms with van der Waals surface area (Å²) in [6, 6.07) is 18.5. The second-order valence-electron chi connectivity index (χ2n) is 7.55. The van der Waals surface area contributed by atoms with E-state index in [1.54, 1.807) is 18.3 Å². The summed E-state index contributed by atoms with van der Waals surface area (Å²) in [5.74, 6) is -0.262. The van der Waals surface area contributed by atoms with Crippen LogP contribution in [-0.4, -0.2) is 21.4 Å². The van der Waals surface area contributed by atoms with Crippen molar-refractivity contribution in [3.63, 3.8) is 0 Å². The average Bonchev–Trinajstić information content (AvgIpc) is 3.19. The van der Waals surface area contributed by atoms with Crippen LogP contribution in [-0.2, 0) is 4.74 Å². The molecular weight excluding hydrogens is 377 g/mol. The molecule has 0 radical (unpaired) electrons. The van der Waals surface area contributed by atoms with E-state index < -0.39 is 0 Å². The molecule has 1 fully saturated rings. The molecule has 1 aliphatic rings. The Balaban J connectivity index is 1.66. The maximum absolute atomic E-state index is 13.5. The van der Waals surface area contributed by atoms with Gasteiger partial charge in [0.1, 0.15) is 11.5 Å². The Kier molecular flexibility index (Phi) is 4.89. The van der Waals surface area contributed by atoms with Crippen molar-refractivity contribution in [2.75, 3.05) is 6.61 Å². The third-order valence-electron chi connectivity index (χ3n) is 5.57. The highest BCUT2D eigenvalue weighted by Gasteiger charge is 2.22. The number of benzene rings is 2. The second kappa shape index (κ2) is 7.84. The molecule has 3 heterocycles. The molecule has 5 heteroatoms.